The Labute approximate surface area is 172 Å². The van der Waals surface area contributed by atoms with Crippen LogP contribution in [0.15, 0.2) is 79.1 Å². The Morgan fingerprint density at radius 3 is 2.63 bits per heavy atom. The summed E-state index contributed by atoms with van der Waals surface area (Å²) in [6, 6.07) is 21.0. The highest BCUT2D eigenvalue weighted by Gasteiger charge is 2.18. The van der Waals surface area contributed by atoms with Gasteiger partial charge in [0.05, 0.1) is 34.2 Å². The number of anilines is 1. The molecule has 0 aliphatic heterocycles. The van der Waals surface area contributed by atoms with Crippen molar-refractivity contribution in [1.82, 2.24) is 24.7 Å². The van der Waals surface area contributed by atoms with Crippen molar-refractivity contribution >= 4 is 22.6 Å². The molecule has 7 nitrogen and oxygen atoms in total. The Balaban J connectivity index is 1.47. The summed E-state index contributed by atoms with van der Waals surface area (Å²) in [6.07, 6.45) is 3.25. The molecule has 2 N–H and O–H groups in total. The molecule has 146 valence electrons. The summed E-state index contributed by atoms with van der Waals surface area (Å²) in [6.45, 7) is 1.85. The van der Waals surface area contributed by atoms with Crippen LogP contribution in [0.3, 0.4) is 0 Å². The van der Waals surface area contributed by atoms with Crippen LogP contribution in [0.25, 0.3) is 28.2 Å². The molecular formula is C23H18N6O. The number of pyridine rings is 1. The van der Waals surface area contributed by atoms with Crippen molar-refractivity contribution in [2.75, 3.05) is 5.32 Å². The van der Waals surface area contributed by atoms with Crippen LogP contribution in [0.2, 0.25) is 0 Å². The number of benzene rings is 2. The van der Waals surface area contributed by atoms with Gasteiger partial charge < -0.3 is 10.3 Å². The van der Waals surface area contributed by atoms with Gasteiger partial charge in [-0.3, -0.25) is 4.79 Å². The van der Waals surface area contributed by atoms with E-state index in [2.05, 4.69) is 25.4 Å². The highest BCUT2D eigenvalue weighted by molar-refractivity contribution is 6.06. The quantitative estimate of drug-likeness (QED) is 0.474. The molecule has 1 amide bonds. The largest absolute Gasteiger partial charge is 0.338 e. The minimum absolute atomic E-state index is 0.238. The summed E-state index contributed by atoms with van der Waals surface area (Å²) >= 11 is 0. The molecule has 0 spiro atoms. The Bertz CT molecular complexity index is 1320. The molecule has 0 aliphatic carbocycles. The number of rotatable bonds is 4. The van der Waals surface area contributed by atoms with Crippen LogP contribution in [-0.4, -0.2) is 30.6 Å². The average molecular weight is 394 g/mol. The van der Waals surface area contributed by atoms with Gasteiger partial charge in [-0.2, -0.15) is 5.10 Å². The molecule has 5 rings (SSSR count). The van der Waals surface area contributed by atoms with E-state index in [9.17, 15) is 4.79 Å². The number of hydrogen-bond donors (Lipinski definition) is 2. The van der Waals surface area contributed by atoms with Gasteiger partial charge >= 0.3 is 0 Å². The van der Waals surface area contributed by atoms with Crippen LogP contribution >= 0.6 is 0 Å². The third-order valence-electron chi connectivity index (χ3n) is 4.94. The van der Waals surface area contributed by atoms with Crippen molar-refractivity contribution in [3.05, 3.63) is 90.4 Å². The fraction of sp³-hybridized carbons (Fsp3) is 0.0435. The van der Waals surface area contributed by atoms with E-state index >= 15 is 0 Å². The summed E-state index contributed by atoms with van der Waals surface area (Å²) in [5, 5.41) is 7.34. The topological polar surface area (TPSA) is 88.5 Å². The first kappa shape index (κ1) is 17.8. The first-order valence-corrected chi connectivity index (χ1v) is 9.52. The first-order valence-electron chi connectivity index (χ1n) is 9.52. The molecule has 0 bridgehead atoms. The van der Waals surface area contributed by atoms with Crippen LogP contribution in [0.5, 0.6) is 0 Å². The number of H-pyrrole nitrogens is 1. The molecule has 3 heterocycles. The van der Waals surface area contributed by atoms with E-state index in [4.69, 9.17) is 0 Å². The lowest BCUT2D eigenvalue weighted by Crippen LogP contribution is -2.14. The van der Waals surface area contributed by atoms with E-state index < -0.39 is 0 Å². The number of aromatic amines is 1. The van der Waals surface area contributed by atoms with Crippen molar-refractivity contribution in [1.29, 1.82) is 0 Å². The van der Waals surface area contributed by atoms with E-state index in [1.807, 2.05) is 73.7 Å². The van der Waals surface area contributed by atoms with E-state index in [-0.39, 0.29) is 5.91 Å². The molecule has 2 aromatic carbocycles. The lowest BCUT2D eigenvalue weighted by molar-refractivity contribution is 0.102. The molecule has 30 heavy (non-hydrogen) atoms. The SMILES string of the molecule is Cc1c(C(=O)Nc2ccccc2-c2nc3ccccc3[nH]2)cnn1-c1ccccn1. The maximum absolute atomic E-state index is 13.0. The van der Waals surface area contributed by atoms with E-state index in [1.165, 1.54) is 0 Å². The summed E-state index contributed by atoms with van der Waals surface area (Å²) in [7, 11) is 0. The monoisotopic (exact) mass is 394 g/mol. The fourth-order valence-corrected chi connectivity index (χ4v) is 3.41. The van der Waals surface area contributed by atoms with Gasteiger partial charge in [-0.25, -0.2) is 14.6 Å². The second kappa shape index (κ2) is 7.29. The molecule has 0 aliphatic rings. The number of nitrogens with one attached hydrogen (secondary N) is 2. The molecule has 0 radical (unpaired) electrons. The molecule has 5 aromatic rings. The number of amides is 1. The zero-order valence-corrected chi connectivity index (χ0v) is 16.2. The van der Waals surface area contributed by atoms with E-state index in [1.54, 1.807) is 17.1 Å². The Hall–Kier alpha value is -4.26. The van der Waals surface area contributed by atoms with Crippen LogP contribution in [-0.2, 0) is 0 Å². The minimum Gasteiger partial charge on any atom is -0.338 e. The molecule has 0 atom stereocenters. The Morgan fingerprint density at radius 1 is 1.00 bits per heavy atom. The summed E-state index contributed by atoms with van der Waals surface area (Å²) < 4.78 is 1.65. The maximum atomic E-state index is 13.0. The van der Waals surface area contributed by atoms with E-state index in [0.717, 1.165) is 16.6 Å². The van der Waals surface area contributed by atoms with Gasteiger partial charge in [0.2, 0.25) is 0 Å². The van der Waals surface area contributed by atoms with Gasteiger partial charge in [0.15, 0.2) is 5.82 Å². The number of carbonyl (C=O) groups excluding carboxylic acids is 1. The number of nitrogens with zero attached hydrogens (tertiary/aromatic N) is 4. The molecule has 0 saturated carbocycles. The van der Waals surface area contributed by atoms with Crippen LogP contribution in [0.4, 0.5) is 5.69 Å². The zero-order valence-electron chi connectivity index (χ0n) is 16.2. The summed E-state index contributed by atoms with van der Waals surface area (Å²) in [4.78, 5) is 25.3. The van der Waals surface area contributed by atoms with E-state index in [0.29, 0.717) is 28.6 Å². The third-order valence-corrected chi connectivity index (χ3v) is 4.94. The molecule has 0 saturated heterocycles. The average Bonchev–Trinajstić information content (AvgIpc) is 3.38. The number of carbonyl (C=O) groups is 1. The Morgan fingerprint density at radius 2 is 1.80 bits per heavy atom. The number of aromatic nitrogens is 5. The van der Waals surface area contributed by atoms with Gasteiger partial charge in [-0.15, -0.1) is 0 Å². The first-order chi connectivity index (χ1) is 14.7. The maximum Gasteiger partial charge on any atom is 0.259 e. The molecule has 0 unspecified atom stereocenters. The normalized spacial score (nSPS) is 11.0. The van der Waals surface area contributed by atoms with Crippen LogP contribution < -0.4 is 5.32 Å². The van der Waals surface area contributed by atoms with Gasteiger partial charge in [0.25, 0.3) is 5.91 Å². The summed E-state index contributed by atoms with van der Waals surface area (Å²) in [5.41, 5.74) is 4.51. The second-order valence-electron chi connectivity index (χ2n) is 6.85. The van der Waals surface area contributed by atoms with Crippen molar-refractivity contribution in [3.8, 4) is 17.2 Å². The fourth-order valence-electron chi connectivity index (χ4n) is 3.41. The standard InChI is InChI=1S/C23H18N6O/c1-15-17(14-25-29(15)21-12-6-7-13-24-21)23(30)28-18-9-3-2-8-16(18)22-26-19-10-4-5-11-20(19)27-22/h2-14H,1H3,(H,26,27)(H,28,30). The highest BCUT2D eigenvalue weighted by atomic mass is 16.1. The zero-order chi connectivity index (χ0) is 20.5. The minimum atomic E-state index is -0.238. The van der Waals surface area contributed by atoms with Crippen LogP contribution in [0, 0.1) is 6.92 Å². The molecule has 0 fully saturated rings. The lowest BCUT2D eigenvalue weighted by Gasteiger charge is -2.09. The highest BCUT2D eigenvalue weighted by Crippen LogP contribution is 2.28. The second-order valence-corrected chi connectivity index (χ2v) is 6.85. The van der Waals surface area contributed by atoms with Gasteiger partial charge in [-0.1, -0.05) is 30.3 Å². The predicted octanol–water partition coefficient (Wildman–Crippen LogP) is 4.37. The number of fused-ring (bicyclic) bond motifs is 1. The van der Waals surface area contributed by atoms with Gasteiger partial charge in [-0.05, 0) is 43.3 Å². The van der Waals surface area contributed by atoms with Gasteiger partial charge in [0.1, 0.15) is 5.82 Å². The van der Waals surface area contributed by atoms with Gasteiger partial charge in [0, 0.05) is 11.8 Å². The number of para-hydroxylation sites is 3. The van der Waals surface area contributed by atoms with Crippen LogP contribution in [0.1, 0.15) is 16.1 Å². The lowest BCUT2D eigenvalue weighted by atomic mass is 10.1. The molecule has 7 heteroatoms. The van der Waals surface area contributed by atoms with Crippen molar-refractivity contribution in [3.63, 3.8) is 0 Å². The molecule has 3 aromatic heterocycles. The van der Waals surface area contributed by atoms with Crippen molar-refractivity contribution < 1.29 is 4.79 Å². The Kier molecular flexibility index (Phi) is 4.33. The number of hydrogen-bond acceptors (Lipinski definition) is 4. The van der Waals surface area contributed by atoms with Crippen molar-refractivity contribution in [2.45, 2.75) is 6.92 Å². The molecular weight excluding hydrogens is 376 g/mol. The summed E-state index contributed by atoms with van der Waals surface area (Å²) in [5.74, 6) is 1.13. The predicted molar refractivity (Wildman–Crippen MR) is 116 cm³/mol. The number of imidazole rings is 1. The third kappa shape index (κ3) is 3.12. The smallest absolute Gasteiger partial charge is 0.259 e. The van der Waals surface area contributed by atoms with Crippen molar-refractivity contribution in [2.24, 2.45) is 0 Å².